The fourth-order valence-electron chi connectivity index (χ4n) is 2.83. The van der Waals surface area contributed by atoms with Crippen LogP contribution in [0.5, 0.6) is 0 Å². The van der Waals surface area contributed by atoms with E-state index in [2.05, 4.69) is 23.2 Å². The van der Waals surface area contributed by atoms with Gasteiger partial charge in [0.1, 0.15) is 0 Å². The normalized spacial score (nSPS) is 20.8. The SMILES string of the molecule is NC(CCC1CCCO1)c1cncc2ccccc12. The summed E-state index contributed by atoms with van der Waals surface area (Å²) in [5.41, 5.74) is 7.49. The first-order valence-electron chi connectivity index (χ1n) is 7.04. The second kappa shape index (κ2) is 5.68. The van der Waals surface area contributed by atoms with Crippen molar-refractivity contribution in [1.82, 2.24) is 4.98 Å². The Morgan fingerprint density at radius 1 is 1.32 bits per heavy atom. The third kappa shape index (κ3) is 2.77. The second-order valence-corrected chi connectivity index (χ2v) is 5.27. The van der Waals surface area contributed by atoms with Crippen LogP contribution in [0.25, 0.3) is 10.8 Å². The molecule has 1 saturated heterocycles. The third-order valence-corrected chi connectivity index (χ3v) is 3.92. The summed E-state index contributed by atoms with van der Waals surface area (Å²) in [5.74, 6) is 0. The summed E-state index contributed by atoms with van der Waals surface area (Å²) in [6, 6.07) is 8.34. The number of benzene rings is 1. The largest absolute Gasteiger partial charge is 0.378 e. The van der Waals surface area contributed by atoms with Crippen molar-refractivity contribution in [2.24, 2.45) is 5.73 Å². The highest BCUT2D eigenvalue weighted by Crippen LogP contribution is 2.26. The molecule has 1 aliphatic heterocycles. The molecule has 0 spiro atoms. The molecule has 100 valence electrons. The summed E-state index contributed by atoms with van der Waals surface area (Å²) < 4.78 is 5.66. The lowest BCUT2D eigenvalue weighted by Crippen LogP contribution is -2.15. The maximum Gasteiger partial charge on any atom is 0.0576 e. The number of hydrogen-bond donors (Lipinski definition) is 1. The Morgan fingerprint density at radius 2 is 2.21 bits per heavy atom. The standard InChI is InChI=1S/C16H20N2O/c17-16(8-7-13-5-3-9-19-13)15-11-18-10-12-4-1-2-6-14(12)15/h1-2,4,6,10-11,13,16H,3,5,7-9,17H2. The molecule has 0 aliphatic carbocycles. The van der Waals surface area contributed by atoms with Gasteiger partial charge in [-0.05, 0) is 36.6 Å². The van der Waals surface area contributed by atoms with E-state index in [4.69, 9.17) is 10.5 Å². The molecule has 0 bridgehead atoms. The molecule has 19 heavy (non-hydrogen) atoms. The van der Waals surface area contributed by atoms with E-state index in [0.717, 1.165) is 30.4 Å². The summed E-state index contributed by atoms with van der Waals surface area (Å²) in [5, 5.41) is 2.38. The van der Waals surface area contributed by atoms with E-state index in [1.54, 1.807) is 0 Å². The zero-order valence-electron chi connectivity index (χ0n) is 11.1. The Kier molecular flexibility index (Phi) is 3.76. The van der Waals surface area contributed by atoms with Crippen LogP contribution in [0.2, 0.25) is 0 Å². The van der Waals surface area contributed by atoms with Crippen LogP contribution < -0.4 is 5.73 Å². The van der Waals surface area contributed by atoms with Crippen molar-refractivity contribution in [2.45, 2.75) is 37.8 Å². The van der Waals surface area contributed by atoms with Crippen molar-refractivity contribution < 1.29 is 4.74 Å². The van der Waals surface area contributed by atoms with E-state index in [0.29, 0.717) is 6.10 Å². The average molecular weight is 256 g/mol. The van der Waals surface area contributed by atoms with Crippen molar-refractivity contribution in [1.29, 1.82) is 0 Å². The molecule has 3 nitrogen and oxygen atoms in total. The van der Waals surface area contributed by atoms with Gasteiger partial charge in [0.25, 0.3) is 0 Å². The Labute approximate surface area is 113 Å². The van der Waals surface area contributed by atoms with E-state index >= 15 is 0 Å². The van der Waals surface area contributed by atoms with Crippen LogP contribution in [0.3, 0.4) is 0 Å². The van der Waals surface area contributed by atoms with Gasteiger partial charge in [0, 0.05) is 30.4 Å². The van der Waals surface area contributed by atoms with E-state index in [9.17, 15) is 0 Å². The number of fused-ring (bicyclic) bond motifs is 1. The molecule has 3 heteroatoms. The highest BCUT2D eigenvalue weighted by molar-refractivity contribution is 5.84. The van der Waals surface area contributed by atoms with Gasteiger partial charge in [-0.1, -0.05) is 24.3 Å². The minimum Gasteiger partial charge on any atom is -0.378 e. The summed E-state index contributed by atoms with van der Waals surface area (Å²) in [4.78, 5) is 4.30. The molecule has 2 aromatic rings. The molecular weight excluding hydrogens is 236 g/mol. The number of nitrogens with zero attached hydrogens (tertiary/aromatic N) is 1. The van der Waals surface area contributed by atoms with Crippen LogP contribution in [0, 0.1) is 0 Å². The van der Waals surface area contributed by atoms with Gasteiger partial charge in [0.05, 0.1) is 6.10 Å². The molecule has 3 rings (SSSR count). The molecule has 1 aromatic heterocycles. The zero-order valence-corrected chi connectivity index (χ0v) is 11.1. The van der Waals surface area contributed by atoms with Gasteiger partial charge in [-0.2, -0.15) is 0 Å². The van der Waals surface area contributed by atoms with Crippen molar-refractivity contribution in [3.63, 3.8) is 0 Å². The molecule has 0 radical (unpaired) electrons. The summed E-state index contributed by atoms with van der Waals surface area (Å²) in [6.07, 6.45) is 8.59. The van der Waals surface area contributed by atoms with Crippen LogP contribution in [0.4, 0.5) is 0 Å². The highest BCUT2D eigenvalue weighted by Gasteiger charge is 2.18. The second-order valence-electron chi connectivity index (χ2n) is 5.27. The Morgan fingerprint density at radius 3 is 3.05 bits per heavy atom. The van der Waals surface area contributed by atoms with Gasteiger partial charge in [0.2, 0.25) is 0 Å². The fraction of sp³-hybridized carbons (Fsp3) is 0.438. The number of hydrogen-bond acceptors (Lipinski definition) is 3. The lowest BCUT2D eigenvalue weighted by atomic mass is 9.97. The van der Waals surface area contributed by atoms with Crippen LogP contribution in [-0.4, -0.2) is 17.7 Å². The Bertz CT molecular complexity index is 544. The minimum absolute atomic E-state index is 0.0443. The first kappa shape index (κ1) is 12.6. The van der Waals surface area contributed by atoms with Gasteiger partial charge >= 0.3 is 0 Å². The minimum atomic E-state index is 0.0443. The zero-order chi connectivity index (χ0) is 13.1. The first-order chi connectivity index (χ1) is 9.34. The number of aromatic nitrogens is 1. The van der Waals surface area contributed by atoms with Crippen LogP contribution in [-0.2, 0) is 4.74 Å². The van der Waals surface area contributed by atoms with Crippen molar-refractivity contribution in [3.8, 4) is 0 Å². The predicted octanol–water partition coefficient (Wildman–Crippen LogP) is 3.19. The molecule has 0 saturated carbocycles. The van der Waals surface area contributed by atoms with Gasteiger partial charge in [-0.15, -0.1) is 0 Å². The van der Waals surface area contributed by atoms with Crippen molar-refractivity contribution in [3.05, 3.63) is 42.2 Å². The molecule has 2 unspecified atom stereocenters. The van der Waals surface area contributed by atoms with E-state index in [-0.39, 0.29) is 6.04 Å². The van der Waals surface area contributed by atoms with Gasteiger partial charge in [0.15, 0.2) is 0 Å². The summed E-state index contributed by atoms with van der Waals surface area (Å²) in [6.45, 7) is 0.912. The number of pyridine rings is 1. The Hall–Kier alpha value is -1.45. The van der Waals surface area contributed by atoms with Crippen LogP contribution in [0.15, 0.2) is 36.7 Å². The Balaban J connectivity index is 1.75. The molecular formula is C16H20N2O. The molecule has 2 atom stereocenters. The van der Waals surface area contributed by atoms with Crippen molar-refractivity contribution in [2.75, 3.05) is 6.61 Å². The number of rotatable bonds is 4. The monoisotopic (exact) mass is 256 g/mol. The topological polar surface area (TPSA) is 48.1 Å². The van der Waals surface area contributed by atoms with Gasteiger partial charge in [-0.3, -0.25) is 4.98 Å². The molecule has 1 aromatic carbocycles. The lowest BCUT2D eigenvalue weighted by Gasteiger charge is -2.16. The molecule has 0 amide bonds. The molecule has 1 fully saturated rings. The maximum atomic E-state index is 6.34. The van der Waals surface area contributed by atoms with Crippen LogP contribution >= 0.6 is 0 Å². The quantitative estimate of drug-likeness (QED) is 0.913. The maximum absolute atomic E-state index is 6.34. The third-order valence-electron chi connectivity index (χ3n) is 3.92. The van der Waals surface area contributed by atoms with Crippen LogP contribution in [0.1, 0.15) is 37.3 Å². The van der Waals surface area contributed by atoms with E-state index in [1.807, 2.05) is 18.5 Å². The van der Waals surface area contributed by atoms with Gasteiger partial charge in [-0.25, -0.2) is 0 Å². The first-order valence-corrected chi connectivity index (χ1v) is 7.04. The lowest BCUT2D eigenvalue weighted by molar-refractivity contribution is 0.101. The number of ether oxygens (including phenoxy) is 1. The van der Waals surface area contributed by atoms with E-state index < -0.39 is 0 Å². The number of nitrogens with two attached hydrogens (primary N) is 1. The molecule has 2 N–H and O–H groups in total. The smallest absolute Gasteiger partial charge is 0.0576 e. The predicted molar refractivity (Wildman–Crippen MR) is 76.9 cm³/mol. The average Bonchev–Trinajstić information content (AvgIpc) is 2.97. The van der Waals surface area contributed by atoms with Gasteiger partial charge < -0.3 is 10.5 Å². The van der Waals surface area contributed by atoms with E-state index in [1.165, 1.54) is 18.2 Å². The summed E-state index contributed by atoms with van der Waals surface area (Å²) in [7, 11) is 0. The van der Waals surface area contributed by atoms with Crippen molar-refractivity contribution >= 4 is 10.8 Å². The highest BCUT2D eigenvalue weighted by atomic mass is 16.5. The molecule has 1 aliphatic rings. The fourth-order valence-corrected chi connectivity index (χ4v) is 2.83. The molecule has 2 heterocycles. The summed E-state index contributed by atoms with van der Waals surface area (Å²) >= 11 is 0.